The van der Waals surface area contributed by atoms with Crippen molar-refractivity contribution in [3.63, 3.8) is 0 Å². The number of benzene rings is 2. The maximum absolute atomic E-state index is 13.2. The molecule has 0 aliphatic carbocycles. The molecule has 0 fully saturated rings. The third-order valence-corrected chi connectivity index (χ3v) is 5.28. The van der Waals surface area contributed by atoms with Gasteiger partial charge in [0.1, 0.15) is 17.6 Å². The minimum absolute atomic E-state index is 0.188. The number of hydrogen-bond acceptors (Lipinski definition) is 3. The number of carbonyl (C=O) groups is 2. The molecule has 0 aromatic heterocycles. The molecule has 0 saturated heterocycles. The van der Waals surface area contributed by atoms with Crippen molar-refractivity contribution >= 4 is 27.7 Å². The highest BCUT2D eigenvalue weighted by Gasteiger charge is 2.28. The summed E-state index contributed by atoms with van der Waals surface area (Å²) in [5, 5.41) is 2.59. The van der Waals surface area contributed by atoms with Crippen molar-refractivity contribution in [1.29, 1.82) is 0 Å². The predicted octanol–water partition coefficient (Wildman–Crippen LogP) is 3.83. The van der Waals surface area contributed by atoms with E-state index in [-0.39, 0.29) is 30.8 Å². The van der Waals surface area contributed by atoms with Gasteiger partial charge in [-0.2, -0.15) is 0 Å². The Kier molecular flexibility index (Phi) is 7.99. The van der Waals surface area contributed by atoms with Crippen molar-refractivity contribution in [2.24, 2.45) is 0 Å². The predicted molar refractivity (Wildman–Crippen MR) is 109 cm³/mol. The zero-order chi connectivity index (χ0) is 20.7. The lowest BCUT2D eigenvalue weighted by atomic mass is 10.1. The van der Waals surface area contributed by atoms with Gasteiger partial charge in [0, 0.05) is 18.1 Å². The van der Waals surface area contributed by atoms with Crippen molar-refractivity contribution in [3.8, 4) is 5.75 Å². The molecular formula is C21H24BrFN2O3. The molecule has 2 rings (SSSR count). The number of carbonyl (C=O) groups excluding carboxylic acids is 2. The second-order valence-corrected chi connectivity index (χ2v) is 7.24. The Morgan fingerprint density at radius 2 is 1.89 bits per heavy atom. The zero-order valence-electron chi connectivity index (χ0n) is 16.2. The lowest BCUT2D eigenvalue weighted by Crippen LogP contribution is -2.49. The largest absolute Gasteiger partial charge is 0.484 e. The molecule has 0 aliphatic rings. The summed E-state index contributed by atoms with van der Waals surface area (Å²) in [6, 6.07) is 10.7. The van der Waals surface area contributed by atoms with Crippen molar-refractivity contribution < 1.29 is 18.7 Å². The molecule has 0 spiro atoms. The fourth-order valence-corrected chi connectivity index (χ4v) is 3.05. The average Bonchev–Trinajstić information content (AvgIpc) is 2.69. The normalized spacial score (nSPS) is 11.6. The van der Waals surface area contributed by atoms with Crippen LogP contribution in [0, 0.1) is 12.7 Å². The maximum atomic E-state index is 13.2. The minimum Gasteiger partial charge on any atom is -0.484 e. The molecule has 2 aromatic carbocycles. The number of hydrogen-bond donors (Lipinski definition) is 1. The SMILES string of the molecule is CC[C@H](C(=O)NC)N(Cc1ccc(F)cc1)C(=O)COc1ccc(Br)c(C)c1. The fraction of sp³-hybridized carbons (Fsp3) is 0.333. The van der Waals surface area contributed by atoms with Crippen LogP contribution in [-0.4, -0.2) is 36.4 Å². The Hall–Kier alpha value is -2.41. The Balaban J connectivity index is 2.18. The standard InChI is InChI=1S/C21H24BrFN2O3/c1-4-19(21(27)24-3)25(12-15-5-7-16(23)8-6-15)20(26)13-28-17-9-10-18(22)14(2)11-17/h5-11,19H,4,12-13H2,1-3H3,(H,24,27)/t19-/m1/s1. The smallest absolute Gasteiger partial charge is 0.261 e. The van der Waals surface area contributed by atoms with E-state index in [2.05, 4.69) is 21.2 Å². The first-order chi connectivity index (χ1) is 13.3. The Bertz CT molecular complexity index is 827. The molecule has 1 N–H and O–H groups in total. The number of halogens is 2. The van der Waals surface area contributed by atoms with E-state index in [0.717, 1.165) is 15.6 Å². The molecule has 0 saturated carbocycles. The lowest BCUT2D eigenvalue weighted by Gasteiger charge is -2.30. The van der Waals surface area contributed by atoms with E-state index >= 15 is 0 Å². The summed E-state index contributed by atoms with van der Waals surface area (Å²) in [5.74, 6) is -0.351. The molecule has 5 nitrogen and oxygen atoms in total. The van der Waals surface area contributed by atoms with Gasteiger partial charge in [-0.3, -0.25) is 9.59 Å². The molecule has 0 radical (unpaired) electrons. The molecule has 2 aromatic rings. The van der Waals surface area contributed by atoms with E-state index in [0.29, 0.717) is 12.2 Å². The van der Waals surface area contributed by atoms with Crippen LogP contribution in [-0.2, 0) is 16.1 Å². The van der Waals surface area contributed by atoms with Gasteiger partial charge >= 0.3 is 0 Å². The first-order valence-electron chi connectivity index (χ1n) is 9.00. The van der Waals surface area contributed by atoms with Gasteiger partial charge in [-0.1, -0.05) is 35.0 Å². The molecule has 0 heterocycles. The Labute approximate surface area is 173 Å². The third kappa shape index (κ3) is 5.79. The van der Waals surface area contributed by atoms with Crippen LogP contribution in [0.5, 0.6) is 5.75 Å². The summed E-state index contributed by atoms with van der Waals surface area (Å²) >= 11 is 3.43. The summed E-state index contributed by atoms with van der Waals surface area (Å²) in [4.78, 5) is 26.6. The highest BCUT2D eigenvalue weighted by molar-refractivity contribution is 9.10. The number of likely N-dealkylation sites (N-methyl/N-ethyl adjacent to an activating group) is 1. The van der Waals surface area contributed by atoms with Crippen molar-refractivity contribution in [1.82, 2.24) is 10.2 Å². The highest BCUT2D eigenvalue weighted by atomic mass is 79.9. The quantitative estimate of drug-likeness (QED) is 0.664. The maximum Gasteiger partial charge on any atom is 0.261 e. The van der Waals surface area contributed by atoms with E-state index < -0.39 is 6.04 Å². The summed E-state index contributed by atoms with van der Waals surface area (Å²) < 4.78 is 19.8. The van der Waals surface area contributed by atoms with Gasteiger partial charge in [-0.15, -0.1) is 0 Å². The molecule has 7 heteroatoms. The molecule has 0 aliphatic heterocycles. The third-order valence-electron chi connectivity index (χ3n) is 4.39. The number of rotatable bonds is 8. The monoisotopic (exact) mass is 450 g/mol. The average molecular weight is 451 g/mol. The first kappa shape index (κ1) is 21.9. The van der Waals surface area contributed by atoms with Crippen LogP contribution in [0.2, 0.25) is 0 Å². The fourth-order valence-electron chi connectivity index (χ4n) is 2.81. The van der Waals surface area contributed by atoms with Crippen LogP contribution in [0.4, 0.5) is 4.39 Å². The number of amides is 2. The number of nitrogens with zero attached hydrogens (tertiary/aromatic N) is 1. The van der Waals surface area contributed by atoms with Crippen LogP contribution >= 0.6 is 15.9 Å². The van der Waals surface area contributed by atoms with Crippen LogP contribution in [0.25, 0.3) is 0 Å². The van der Waals surface area contributed by atoms with Gasteiger partial charge < -0.3 is 15.0 Å². The Morgan fingerprint density at radius 3 is 2.46 bits per heavy atom. The van der Waals surface area contributed by atoms with Crippen LogP contribution in [0.15, 0.2) is 46.9 Å². The molecule has 150 valence electrons. The summed E-state index contributed by atoms with van der Waals surface area (Å²) in [5.41, 5.74) is 1.72. The molecule has 1 atom stereocenters. The summed E-state index contributed by atoms with van der Waals surface area (Å²) in [6.07, 6.45) is 0.448. The molecule has 0 bridgehead atoms. The van der Waals surface area contributed by atoms with Gasteiger partial charge in [0.05, 0.1) is 0 Å². The zero-order valence-corrected chi connectivity index (χ0v) is 17.8. The number of ether oxygens (including phenoxy) is 1. The second kappa shape index (κ2) is 10.2. The van der Waals surface area contributed by atoms with Gasteiger partial charge in [-0.25, -0.2) is 4.39 Å². The summed E-state index contributed by atoms with van der Waals surface area (Å²) in [7, 11) is 1.53. The summed E-state index contributed by atoms with van der Waals surface area (Å²) in [6.45, 7) is 3.76. The second-order valence-electron chi connectivity index (χ2n) is 6.39. The number of aryl methyl sites for hydroxylation is 1. The van der Waals surface area contributed by atoms with E-state index in [1.54, 1.807) is 18.2 Å². The van der Waals surface area contributed by atoms with Gasteiger partial charge in [-0.05, 0) is 54.8 Å². The highest BCUT2D eigenvalue weighted by Crippen LogP contribution is 2.22. The van der Waals surface area contributed by atoms with Gasteiger partial charge in [0.25, 0.3) is 5.91 Å². The van der Waals surface area contributed by atoms with Crippen LogP contribution < -0.4 is 10.1 Å². The molecule has 2 amide bonds. The number of nitrogens with one attached hydrogen (secondary N) is 1. The first-order valence-corrected chi connectivity index (χ1v) is 9.79. The van der Waals surface area contributed by atoms with E-state index in [1.165, 1.54) is 24.1 Å². The minimum atomic E-state index is -0.641. The van der Waals surface area contributed by atoms with E-state index in [4.69, 9.17) is 4.74 Å². The Morgan fingerprint density at radius 1 is 1.21 bits per heavy atom. The van der Waals surface area contributed by atoms with Crippen LogP contribution in [0.3, 0.4) is 0 Å². The van der Waals surface area contributed by atoms with E-state index in [9.17, 15) is 14.0 Å². The van der Waals surface area contributed by atoms with Crippen molar-refractivity contribution in [2.75, 3.05) is 13.7 Å². The molecule has 28 heavy (non-hydrogen) atoms. The van der Waals surface area contributed by atoms with Gasteiger partial charge in [0.15, 0.2) is 6.61 Å². The van der Waals surface area contributed by atoms with Crippen LogP contribution in [0.1, 0.15) is 24.5 Å². The lowest BCUT2D eigenvalue weighted by molar-refractivity contribution is -0.142. The van der Waals surface area contributed by atoms with Crippen molar-refractivity contribution in [2.45, 2.75) is 32.9 Å². The van der Waals surface area contributed by atoms with E-state index in [1.807, 2.05) is 26.0 Å². The topological polar surface area (TPSA) is 58.6 Å². The van der Waals surface area contributed by atoms with Gasteiger partial charge in [0.2, 0.25) is 5.91 Å². The molecular weight excluding hydrogens is 427 g/mol. The van der Waals surface area contributed by atoms with Crippen molar-refractivity contribution in [3.05, 3.63) is 63.9 Å². The molecule has 0 unspecified atom stereocenters.